The second-order valence-corrected chi connectivity index (χ2v) is 8.27. The number of benzene rings is 3. The second-order valence-electron chi connectivity index (χ2n) is 7.40. The van der Waals surface area contributed by atoms with E-state index in [-0.39, 0.29) is 5.91 Å². The molecule has 0 saturated carbocycles. The minimum atomic E-state index is -0.310. The smallest absolute Gasteiger partial charge is 0.248 e. The van der Waals surface area contributed by atoms with Gasteiger partial charge >= 0.3 is 0 Å². The number of halogens is 2. The monoisotopic (exact) mass is 481 g/mol. The molecule has 33 heavy (non-hydrogen) atoms. The van der Waals surface area contributed by atoms with E-state index in [0.29, 0.717) is 27.1 Å². The summed E-state index contributed by atoms with van der Waals surface area (Å²) in [4.78, 5) is 12.6. The number of hydrogen-bond acceptors (Lipinski definition) is 4. The Hall–Kier alpha value is -3.41. The lowest BCUT2D eigenvalue weighted by Crippen LogP contribution is -2.08. The van der Waals surface area contributed by atoms with Crippen molar-refractivity contribution in [3.05, 3.63) is 82.5 Å². The number of amides is 1. The fourth-order valence-electron chi connectivity index (χ4n) is 3.60. The first-order valence-electron chi connectivity index (χ1n) is 10.1. The van der Waals surface area contributed by atoms with Gasteiger partial charge in [0.2, 0.25) is 5.91 Å². The quantitative estimate of drug-likeness (QED) is 0.290. The number of carbonyl (C=O) groups is 1. The van der Waals surface area contributed by atoms with E-state index in [1.165, 1.54) is 6.08 Å². The summed E-state index contributed by atoms with van der Waals surface area (Å²) in [7, 11) is 3.21. The third-order valence-electron chi connectivity index (χ3n) is 5.20. The number of carbonyl (C=O) groups excluding carboxylic acids is 1. The molecular formula is C26H21Cl2NO4. The number of anilines is 1. The Morgan fingerprint density at radius 3 is 2.30 bits per heavy atom. The zero-order valence-corrected chi connectivity index (χ0v) is 19.8. The van der Waals surface area contributed by atoms with Gasteiger partial charge in [0.15, 0.2) is 0 Å². The Kier molecular flexibility index (Phi) is 6.63. The van der Waals surface area contributed by atoms with Crippen LogP contribution in [0.5, 0.6) is 11.5 Å². The molecule has 0 saturated heterocycles. The van der Waals surface area contributed by atoms with Crippen LogP contribution in [0.3, 0.4) is 0 Å². The average Bonchev–Trinajstić information content (AvgIpc) is 3.20. The Bertz CT molecular complexity index is 1340. The lowest BCUT2D eigenvalue weighted by atomic mass is 9.99. The van der Waals surface area contributed by atoms with Gasteiger partial charge in [0.25, 0.3) is 0 Å². The van der Waals surface area contributed by atoms with E-state index in [1.54, 1.807) is 38.7 Å². The van der Waals surface area contributed by atoms with Crippen LogP contribution in [0.4, 0.5) is 5.69 Å². The first kappa shape index (κ1) is 22.8. The molecule has 0 fully saturated rings. The van der Waals surface area contributed by atoms with E-state index in [0.717, 1.165) is 33.4 Å². The summed E-state index contributed by atoms with van der Waals surface area (Å²) in [5.74, 6) is 1.07. The Labute approximate surface area is 201 Å². The predicted molar refractivity (Wildman–Crippen MR) is 133 cm³/mol. The molecule has 4 aromatic rings. The number of furan rings is 1. The van der Waals surface area contributed by atoms with Crippen LogP contribution in [0.1, 0.15) is 12.5 Å². The maximum atomic E-state index is 12.6. The molecule has 1 heterocycles. The molecule has 5 nitrogen and oxygen atoms in total. The Balaban J connectivity index is 1.69. The number of fused-ring (bicyclic) bond motifs is 1. The van der Waals surface area contributed by atoms with Crippen molar-refractivity contribution in [3.63, 3.8) is 0 Å². The van der Waals surface area contributed by atoms with Crippen molar-refractivity contribution in [3.8, 4) is 22.6 Å². The first-order valence-corrected chi connectivity index (χ1v) is 10.8. The maximum absolute atomic E-state index is 12.6. The summed E-state index contributed by atoms with van der Waals surface area (Å²) in [6.45, 7) is 1.85. The van der Waals surface area contributed by atoms with E-state index in [1.807, 2.05) is 43.3 Å². The second kappa shape index (κ2) is 9.61. The van der Waals surface area contributed by atoms with Crippen molar-refractivity contribution in [2.24, 2.45) is 0 Å². The van der Waals surface area contributed by atoms with E-state index in [4.69, 9.17) is 37.1 Å². The van der Waals surface area contributed by atoms with Gasteiger partial charge in [-0.1, -0.05) is 35.3 Å². The number of hydrogen-bond donors (Lipinski definition) is 1. The van der Waals surface area contributed by atoms with E-state index in [2.05, 4.69) is 5.32 Å². The summed E-state index contributed by atoms with van der Waals surface area (Å²) >= 11 is 12.0. The molecule has 0 aliphatic carbocycles. The molecule has 1 N–H and O–H groups in total. The van der Waals surface area contributed by atoms with Gasteiger partial charge in [-0.15, -0.1) is 0 Å². The first-order chi connectivity index (χ1) is 15.9. The zero-order valence-electron chi connectivity index (χ0n) is 18.2. The highest BCUT2D eigenvalue weighted by Crippen LogP contribution is 2.37. The summed E-state index contributed by atoms with van der Waals surface area (Å²) in [5.41, 5.74) is 4.62. The molecule has 3 aromatic carbocycles. The van der Waals surface area contributed by atoms with Crippen LogP contribution in [0.15, 0.2) is 71.4 Å². The van der Waals surface area contributed by atoms with E-state index >= 15 is 0 Å². The lowest BCUT2D eigenvalue weighted by Gasteiger charge is -2.10. The molecule has 0 unspecified atom stereocenters. The standard InChI is InChI=1S/C26H21Cl2NO4/c1-15(8-26(30)29-19-10-17(27)9-18(28)11-19)21-12-22-23(14-33-25(22)13-24(21)32-3)16-4-6-20(31-2)7-5-16/h4-14H,1-3H3,(H,29,30)/b15-8+. The lowest BCUT2D eigenvalue weighted by molar-refractivity contribution is -0.111. The Morgan fingerprint density at radius 2 is 1.67 bits per heavy atom. The third-order valence-corrected chi connectivity index (χ3v) is 5.64. The number of allylic oxidation sites excluding steroid dienone is 1. The number of ether oxygens (including phenoxy) is 2. The van der Waals surface area contributed by atoms with E-state index in [9.17, 15) is 4.79 Å². The minimum Gasteiger partial charge on any atom is -0.497 e. The van der Waals surface area contributed by atoms with Gasteiger partial charge in [-0.25, -0.2) is 0 Å². The molecule has 1 aromatic heterocycles. The third kappa shape index (κ3) is 5.00. The average molecular weight is 482 g/mol. The molecule has 0 aliphatic rings. The largest absolute Gasteiger partial charge is 0.497 e. The molecule has 0 radical (unpaired) electrons. The number of rotatable bonds is 6. The van der Waals surface area contributed by atoms with Crippen molar-refractivity contribution in [1.29, 1.82) is 0 Å². The van der Waals surface area contributed by atoms with Crippen molar-refractivity contribution in [2.75, 3.05) is 19.5 Å². The normalized spacial score (nSPS) is 11.5. The fourth-order valence-corrected chi connectivity index (χ4v) is 4.13. The van der Waals surface area contributed by atoms with Crippen LogP contribution < -0.4 is 14.8 Å². The summed E-state index contributed by atoms with van der Waals surface area (Å²) in [6.07, 6.45) is 3.22. The van der Waals surface area contributed by atoms with Gasteiger partial charge in [0.05, 0.1) is 20.5 Å². The highest BCUT2D eigenvalue weighted by Gasteiger charge is 2.15. The molecule has 0 bridgehead atoms. The topological polar surface area (TPSA) is 60.7 Å². The van der Waals surface area contributed by atoms with Crippen molar-refractivity contribution in [2.45, 2.75) is 6.92 Å². The van der Waals surface area contributed by atoms with Crippen LogP contribution in [0.25, 0.3) is 27.7 Å². The van der Waals surface area contributed by atoms with Gasteiger partial charge in [-0.05, 0) is 54.5 Å². The van der Waals surface area contributed by atoms with Crippen LogP contribution in [-0.4, -0.2) is 20.1 Å². The molecule has 1 amide bonds. The number of methoxy groups -OCH3 is 2. The van der Waals surface area contributed by atoms with Gasteiger partial charge in [0, 0.05) is 44.4 Å². The molecule has 7 heteroatoms. The summed E-state index contributed by atoms with van der Waals surface area (Å²) in [6, 6.07) is 16.4. The van der Waals surface area contributed by atoms with Gasteiger partial charge < -0.3 is 19.2 Å². The van der Waals surface area contributed by atoms with E-state index < -0.39 is 0 Å². The molecule has 0 atom stereocenters. The van der Waals surface area contributed by atoms with Crippen molar-refractivity contribution >= 4 is 51.3 Å². The van der Waals surface area contributed by atoms with Gasteiger partial charge in [-0.2, -0.15) is 0 Å². The molecule has 168 valence electrons. The highest BCUT2D eigenvalue weighted by atomic mass is 35.5. The van der Waals surface area contributed by atoms with Crippen LogP contribution in [-0.2, 0) is 4.79 Å². The molecular weight excluding hydrogens is 461 g/mol. The van der Waals surface area contributed by atoms with Gasteiger partial charge in [-0.3, -0.25) is 4.79 Å². The SMILES string of the molecule is COc1ccc(-c2coc3cc(OC)c(/C(C)=C/C(=O)Nc4cc(Cl)cc(Cl)c4)cc23)cc1. The zero-order chi connectivity index (χ0) is 23.5. The van der Waals surface area contributed by atoms with Gasteiger partial charge in [0.1, 0.15) is 17.1 Å². The predicted octanol–water partition coefficient (Wildman–Crippen LogP) is 7.47. The fraction of sp³-hybridized carbons (Fsp3) is 0.115. The number of nitrogens with one attached hydrogen (secondary N) is 1. The van der Waals surface area contributed by atoms with Crippen molar-refractivity contribution < 1.29 is 18.7 Å². The van der Waals surface area contributed by atoms with Crippen LogP contribution in [0.2, 0.25) is 10.0 Å². The van der Waals surface area contributed by atoms with Crippen LogP contribution >= 0.6 is 23.2 Å². The summed E-state index contributed by atoms with van der Waals surface area (Å²) in [5, 5.41) is 4.58. The van der Waals surface area contributed by atoms with Crippen LogP contribution in [0, 0.1) is 0 Å². The molecule has 0 spiro atoms. The van der Waals surface area contributed by atoms with Crippen molar-refractivity contribution in [1.82, 2.24) is 0 Å². The molecule has 0 aliphatic heterocycles. The highest BCUT2D eigenvalue weighted by molar-refractivity contribution is 6.35. The summed E-state index contributed by atoms with van der Waals surface area (Å²) < 4.78 is 16.6. The Morgan fingerprint density at radius 1 is 0.970 bits per heavy atom. The maximum Gasteiger partial charge on any atom is 0.248 e. The minimum absolute atomic E-state index is 0.310. The molecule has 4 rings (SSSR count).